The van der Waals surface area contributed by atoms with Crippen molar-refractivity contribution in [3.63, 3.8) is 0 Å². The lowest BCUT2D eigenvalue weighted by molar-refractivity contribution is -0.124. The fourth-order valence-corrected chi connectivity index (χ4v) is 1.77. The SMILES string of the molecule is CCC(C)(C)NC(=O)C(C)NCCOc1cccc(C)c1. The van der Waals surface area contributed by atoms with Gasteiger partial charge in [-0.2, -0.15) is 0 Å². The molecule has 1 amide bonds. The van der Waals surface area contributed by atoms with Crippen LogP contribution in [0.1, 0.15) is 39.7 Å². The zero-order chi connectivity index (χ0) is 15.9. The van der Waals surface area contributed by atoms with Gasteiger partial charge in [-0.1, -0.05) is 19.1 Å². The van der Waals surface area contributed by atoms with Crippen molar-refractivity contribution in [1.29, 1.82) is 0 Å². The van der Waals surface area contributed by atoms with E-state index in [1.165, 1.54) is 5.56 Å². The van der Waals surface area contributed by atoms with Crippen LogP contribution in [-0.4, -0.2) is 30.6 Å². The summed E-state index contributed by atoms with van der Waals surface area (Å²) in [6.07, 6.45) is 0.905. The van der Waals surface area contributed by atoms with Crippen LogP contribution in [0.5, 0.6) is 5.75 Å². The second-order valence-electron chi connectivity index (χ2n) is 6.07. The van der Waals surface area contributed by atoms with Gasteiger partial charge in [0.25, 0.3) is 0 Å². The molecule has 4 nitrogen and oxygen atoms in total. The van der Waals surface area contributed by atoms with Crippen molar-refractivity contribution < 1.29 is 9.53 Å². The molecule has 1 atom stereocenters. The Balaban J connectivity index is 2.27. The van der Waals surface area contributed by atoms with Crippen molar-refractivity contribution in [2.45, 2.75) is 52.6 Å². The van der Waals surface area contributed by atoms with Crippen molar-refractivity contribution in [2.75, 3.05) is 13.2 Å². The lowest BCUT2D eigenvalue weighted by atomic mass is 10.0. The van der Waals surface area contributed by atoms with Gasteiger partial charge in [-0.05, 0) is 51.8 Å². The van der Waals surface area contributed by atoms with E-state index in [0.717, 1.165) is 12.2 Å². The molecule has 1 aromatic rings. The molecule has 1 rings (SSSR count). The summed E-state index contributed by atoms with van der Waals surface area (Å²) in [6, 6.07) is 7.72. The Morgan fingerprint density at radius 2 is 2.10 bits per heavy atom. The maximum atomic E-state index is 12.0. The minimum atomic E-state index is -0.225. The average Bonchev–Trinajstić information content (AvgIpc) is 2.43. The van der Waals surface area contributed by atoms with Gasteiger partial charge in [-0.3, -0.25) is 4.79 Å². The minimum absolute atomic E-state index is 0.0254. The third kappa shape index (κ3) is 6.63. The molecule has 0 heterocycles. The molecular weight excluding hydrogens is 264 g/mol. The van der Waals surface area contributed by atoms with E-state index in [9.17, 15) is 4.79 Å². The van der Waals surface area contributed by atoms with Crippen LogP contribution in [0.15, 0.2) is 24.3 Å². The Hall–Kier alpha value is -1.55. The maximum absolute atomic E-state index is 12.0. The van der Waals surface area contributed by atoms with Gasteiger partial charge in [0, 0.05) is 12.1 Å². The predicted octanol–water partition coefficient (Wildman–Crippen LogP) is 2.66. The molecule has 0 aromatic heterocycles. The highest BCUT2D eigenvalue weighted by atomic mass is 16.5. The molecule has 1 aromatic carbocycles. The molecule has 0 spiro atoms. The third-order valence-electron chi connectivity index (χ3n) is 3.55. The van der Waals surface area contributed by atoms with Crippen LogP contribution < -0.4 is 15.4 Å². The second kappa shape index (κ2) is 8.03. The molecule has 0 fully saturated rings. The smallest absolute Gasteiger partial charge is 0.237 e. The standard InChI is InChI=1S/C17H28N2O2/c1-6-17(4,5)19-16(20)14(3)18-10-11-21-15-9-7-8-13(2)12-15/h7-9,12,14,18H,6,10-11H2,1-5H3,(H,19,20). The van der Waals surface area contributed by atoms with Crippen LogP contribution in [0, 0.1) is 6.92 Å². The molecule has 0 saturated carbocycles. The van der Waals surface area contributed by atoms with E-state index in [0.29, 0.717) is 13.2 Å². The summed E-state index contributed by atoms with van der Waals surface area (Å²) in [5.41, 5.74) is 1.01. The molecule has 118 valence electrons. The molecule has 0 aliphatic carbocycles. The highest BCUT2D eigenvalue weighted by Gasteiger charge is 2.21. The highest BCUT2D eigenvalue weighted by molar-refractivity contribution is 5.81. The van der Waals surface area contributed by atoms with Crippen LogP contribution in [0.4, 0.5) is 0 Å². The Kier molecular flexibility index (Phi) is 6.69. The number of rotatable bonds is 8. The number of hydrogen-bond donors (Lipinski definition) is 2. The average molecular weight is 292 g/mol. The van der Waals surface area contributed by atoms with Crippen LogP contribution in [0.2, 0.25) is 0 Å². The topological polar surface area (TPSA) is 50.4 Å². The number of hydrogen-bond acceptors (Lipinski definition) is 3. The summed E-state index contributed by atoms with van der Waals surface area (Å²) in [5.74, 6) is 0.887. The summed E-state index contributed by atoms with van der Waals surface area (Å²) < 4.78 is 5.64. The van der Waals surface area contributed by atoms with E-state index >= 15 is 0 Å². The summed E-state index contributed by atoms with van der Waals surface area (Å²) in [4.78, 5) is 12.0. The van der Waals surface area contributed by atoms with Gasteiger partial charge in [0.1, 0.15) is 12.4 Å². The number of aryl methyl sites for hydroxylation is 1. The van der Waals surface area contributed by atoms with E-state index in [4.69, 9.17) is 4.74 Å². The molecule has 21 heavy (non-hydrogen) atoms. The molecule has 2 N–H and O–H groups in total. The van der Waals surface area contributed by atoms with Gasteiger partial charge in [0.05, 0.1) is 6.04 Å². The van der Waals surface area contributed by atoms with E-state index in [2.05, 4.69) is 17.6 Å². The monoisotopic (exact) mass is 292 g/mol. The molecular formula is C17H28N2O2. The largest absolute Gasteiger partial charge is 0.492 e. The van der Waals surface area contributed by atoms with E-state index < -0.39 is 0 Å². The fourth-order valence-electron chi connectivity index (χ4n) is 1.77. The third-order valence-corrected chi connectivity index (χ3v) is 3.55. The van der Waals surface area contributed by atoms with Gasteiger partial charge >= 0.3 is 0 Å². The quantitative estimate of drug-likeness (QED) is 0.724. The van der Waals surface area contributed by atoms with Crippen LogP contribution in [-0.2, 0) is 4.79 Å². The Morgan fingerprint density at radius 1 is 1.38 bits per heavy atom. The molecule has 0 aliphatic rings. The van der Waals surface area contributed by atoms with Crippen LogP contribution in [0.25, 0.3) is 0 Å². The lowest BCUT2D eigenvalue weighted by Gasteiger charge is -2.26. The highest BCUT2D eigenvalue weighted by Crippen LogP contribution is 2.11. The first-order chi connectivity index (χ1) is 9.84. The number of carbonyl (C=O) groups excluding carboxylic acids is 1. The Morgan fingerprint density at radius 3 is 2.71 bits per heavy atom. The van der Waals surface area contributed by atoms with E-state index in [1.807, 2.05) is 52.0 Å². The molecule has 0 aliphatic heterocycles. The first-order valence-corrected chi connectivity index (χ1v) is 7.59. The van der Waals surface area contributed by atoms with Gasteiger partial charge < -0.3 is 15.4 Å². The van der Waals surface area contributed by atoms with Crippen LogP contribution in [0.3, 0.4) is 0 Å². The van der Waals surface area contributed by atoms with Gasteiger partial charge in [-0.15, -0.1) is 0 Å². The first-order valence-electron chi connectivity index (χ1n) is 7.59. The number of ether oxygens (including phenoxy) is 1. The zero-order valence-corrected chi connectivity index (χ0v) is 13.8. The van der Waals surface area contributed by atoms with Crippen molar-refractivity contribution in [2.24, 2.45) is 0 Å². The molecule has 0 bridgehead atoms. The molecule has 0 radical (unpaired) electrons. The number of nitrogens with one attached hydrogen (secondary N) is 2. The lowest BCUT2D eigenvalue weighted by Crippen LogP contribution is -2.51. The maximum Gasteiger partial charge on any atom is 0.237 e. The van der Waals surface area contributed by atoms with Gasteiger partial charge in [-0.25, -0.2) is 0 Å². The van der Waals surface area contributed by atoms with Crippen molar-refractivity contribution >= 4 is 5.91 Å². The van der Waals surface area contributed by atoms with Gasteiger partial charge in [0.15, 0.2) is 0 Å². The summed E-state index contributed by atoms with van der Waals surface area (Å²) >= 11 is 0. The van der Waals surface area contributed by atoms with Crippen molar-refractivity contribution in [1.82, 2.24) is 10.6 Å². The van der Waals surface area contributed by atoms with Gasteiger partial charge in [0.2, 0.25) is 5.91 Å². The van der Waals surface area contributed by atoms with Crippen molar-refractivity contribution in [3.05, 3.63) is 29.8 Å². The minimum Gasteiger partial charge on any atom is -0.492 e. The molecule has 0 saturated heterocycles. The number of carbonyl (C=O) groups is 1. The molecule has 1 unspecified atom stereocenters. The molecule has 4 heteroatoms. The zero-order valence-electron chi connectivity index (χ0n) is 13.8. The summed E-state index contributed by atoms with van der Waals surface area (Å²) in [7, 11) is 0. The van der Waals surface area contributed by atoms with E-state index in [-0.39, 0.29) is 17.5 Å². The Labute approximate surface area is 128 Å². The first kappa shape index (κ1) is 17.5. The van der Waals surface area contributed by atoms with E-state index in [1.54, 1.807) is 0 Å². The fraction of sp³-hybridized carbons (Fsp3) is 0.588. The normalized spacial score (nSPS) is 12.8. The Bertz CT molecular complexity index is 458. The predicted molar refractivity (Wildman–Crippen MR) is 86.7 cm³/mol. The van der Waals surface area contributed by atoms with Crippen molar-refractivity contribution in [3.8, 4) is 5.75 Å². The second-order valence-corrected chi connectivity index (χ2v) is 6.07. The number of benzene rings is 1. The summed E-state index contributed by atoms with van der Waals surface area (Å²) in [5, 5.41) is 6.21. The summed E-state index contributed by atoms with van der Waals surface area (Å²) in [6.45, 7) is 11.2. The number of amides is 1. The van der Waals surface area contributed by atoms with Crippen LogP contribution >= 0.6 is 0 Å².